The van der Waals surface area contributed by atoms with Crippen LogP contribution in [0.4, 0.5) is 11.4 Å². The number of nitrogens with one attached hydrogen (secondary N) is 1. The molecule has 7 nitrogen and oxygen atoms in total. The predicted molar refractivity (Wildman–Crippen MR) is 117 cm³/mol. The van der Waals surface area contributed by atoms with Crippen LogP contribution < -0.4 is 15.4 Å². The molecule has 0 aliphatic rings. The van der Waals surface area contributed by atoms with E-state index in [9.17, 15) is 18.0 Å². The highest BCUT2D eigenvalue weighted by Gasteiger charge is 2.23. The van der Waals surface area contributed by atoms with E-state index in [1.54, 1.807) is 36.4 Å². The van der Waals surface area contributed by atoms with Gasteiger partial charge in [-0.1, -0.05) is 48.5 Å². The van der Waals surface area contributed by atoms with Crippen molar-refractivity contribution >= 4 is 33.2 Å². The van der Waals surface area contributed by atoms with Crippen LogP contribution in [-0.2, 0) is 16.6 Å². The first kappa shape index (κ1) is 21.1. The van der Waals surface area contributed by atoms with Crippen LogP contribution in [0.1, 0.15) is 26.3 Å². The van der Waals surface area contributed by atoms with Gasteiger partial charge in [0.1, 0.15) is 0 Å². The molecule has 0 aromatic heterocycles. The molecule has 3 rings (SSSR count). The van der Waals surface area contributed by atoms with E-state index >= 15 is 0 Å². The average Bonchev–Trinajstić information content (AvgIpc) is 2.72. The third-order valence-corrected chi connectivity index (χ3v) is 5.52. The Bertz CT molecular complexity index is 1180. The van der Waals surface area contributed by atoms with Crippen LogP contribution in [0.25, 0.3) is 0 Å². The second kappa shape index (κ2) is 8.79. The Hall–Kier alpha value is -3.65. The lowest BCUT2D eigenvalue weighted by Crippen LogP contribution is -2.31. The molecule has 0 bridgehead atoms. The third kappa shape index (κ3) is 5.03. The Morgan fingerprint density at radius 1 is 0.933 bits per heavy atom. The molecule has 0 heterocycles. The quantitative estimate of drug-likeness (QED) is 0.609. The van der Waals surface area contributed by atoms with Crippen molar-refractivity contribution < 1.29 is 18.0 Å². The molecule has 8 heteroatoms. The summed E-state index contributed by atoms with van der Waals surface area (Å²) in [5.74, 6) is -1.12. The fourth-order valence-corrected chi connectivity index (χ4v) is 3.86. The predicted octanol–water partition coefficient (Wildman–Crippen LogP) is 3.00. The molecule has 0 saturated heterocycles. The number of primary amides is 1. The van der Waals surface area contributed by atoms with E-state index in [0.717, 1.165) is 11.8 Å². The molecule has 0 fully saturated rings. The van der Waals surface area contributed by atoms with Crippen molar-refractivity contribution in [2.75, 3.05) is 15.9 Å². The molecule has 0 unspecified atom stereocenters. The Balaban J connectivity index is 1.96. The zero-order chi connectivity index (χ0) is 21.7. The van der Waals surface area contributed by atoms with Gasteiger partial charge in [-0.3, -0.25) is 13.9 Å². The molecule has 3 aromatic rings. The second-order valence-corrected chi connectivity index (χ2v) is 8.58. The topological polar surface area (TPSA) is 110 Å². The molecule has 0 radical (unpaired) electrons. The molecule has 0 aliphatic heterocycles. The van der Waals surface area contributed by atoms with Gasteiger partial charge in [0.25, 0.3) is 5.91 Å². The lowest BCUT2D eigenvalue weighted by atomic mass is 10.1. The third-order valence-electron chi connectivity index (χ3n) is 4.39. The zero-order valence-electron chi connectivity index (χ0n) is 16.3. The number of sulfonamides is 1. The maximum Gasteiger partial charge on any atom is 0.257 e. The van der Waals surface area contributed by atoms with Crippen molar-refractivity contribution in [3.8, 4) is 0 Å². The van der Waals surface area contributed by atoms with Crippen LogP contribution in [0.15, 0.2) is 78.9 Å². The van der Waals surface area contributed by atoms with Gasteiger partial charge in [-0.25, -0.2) is 8.42 Å². The number of hydrogen-bond donors (Lipinski definition) is 2. The van der Waals surface area contributed by atoms with Crippen LogP contribution in [0.2, 0.25) is 0 Å². The number of anilines is 2. The maximum absolute atomic E-state index is 13.0. The van der Waals surface area contributed by atoms with Crippen LogP contribution >= 0.6 is 0 Å². The smallest absolute Gasteiger partial charge is 0.257 e. The monoisotopic (exact) mass is 423 g/mol. The Labute approximate surface area is 175 Å². The summed E-state index contributed by atoms with van der Waals surface area (Å²) in [7, 11) is -3.67. The summed E-state index contributed by atoms with van der Waals surface area (Å²) in [5, 5.41) is 2.70. The number of benzene rings is 3. The molecule has 2 amide bonds. The number of hydrogen-bond acceptors (Lipinski definition) is 4. The van der Waals surface area contributed by atoms with Crippen LogP contribution in [-0.4, -0.2) is 26.5 Å². The molecular weight excluding hydrogens is 402 g/mol. The summed E-state index contributed by atoms with van der Waals surface area (Å²) < 4.78 is 26.3. The average molecular weight is 423 g/mol. The molecule has 3 N–H and O–H groups in total. The molecule has 154 valence electrons. The number of rotatable bonds is 7. The standard InChI is InChI=1S/C22H21N3O4S/c1-30(28,29)25(15-16-8-3-2-4-9-16)20-13-6-5-12-19(20)22(27)24-18-11-7-10-17(14-18)21(23)26/h2-14H,15H2,1H3,(H2,23,26)(H,24,27). The minimum absolute atomic E-state index is 0.0845. The highest BCUT2D eigenvalue weighted by atomic mass is 32.2. The summed E-state index contributed by atoms with van der Waals surface area (Å²) in [6, 6.07) is 21.8. The van der Waals surface area contributed by atoms with Gasteiger partial charge in [0.15, 0.2) is 0 Å². The second-order valence-electron chi connectivity index (χ2n) is 6.67. The number of amides is 2. The SMILES string of the molecule is CS(=O)(=O)N(Cc1ccccc1)c1ccccc1C(=O)Nc1cccc(C(N)=O)c1. The molecular formula is C22H21N3O4S. The first-order chi connectivity index (χ1) is 14.3. The van der Waals surface area contributed by atoms with Crippen molar-refractivity contribution in [1.82, 2.24) is 0 Å². The number of carbonyl (C=O) groups excluding carboxylic acids is 2. The minimum Gasteiger partial charge on any atom is -0.366 e. The summed E-state index contributed by atoms with van der Waals surface area (Å²) >= 11 is 0. The summed E-state index contributed by atoms with van der Waals surface area (Å²) in [6.45, 7) is 0.0845. The van der Waals surface area contributed by atoms with Crippen LogP contribution in [0, 0.1) is 0 Å². The number of carbonyl (C=O) groups is 2. The van der Waals surface area contributed by atoms with E-state index in [1.807, 2.05) is 30.3 Å². The van der Waals surface area contributed by atoms with Gasteiger partial charge in [-0.05, 0) is 35.9 Å². The van der Waals surface area contributed by atoms with E-state index in [1.165, 1.54) is 16.4 Å². The molecule has 0 atom stereocenters. The summed E-state index contributed by atoms with van der Waals surface area (Å²) in [6.07, 6.45) is 1.10. The van der Waals surface area contributed by atoms with Crippen LogP contribution in [0.5, 0.6) is 0 Å². The normalized spacial score (nSPS) is 11.0. The highest BCUT2D eigenvalue weighted by Crippen LogP contribution is 2.26. The molecule has 3 aromatic carbocycles. The van der Waals surface area contributed by atoms with Gasteiger partial charge in [-0.15, -0.1) is 0 Å². The first-order valence-corrected chi connectivity index (χ1v) is 10.9. The van der Waals surface area contributed by atoms with Crippen LogP contribution in [0.3, 0.4) is 0 Å². The molecule has 30 heavy (non-hydrogen) atoms. The fraction of sp³-hybridized carbons (Fsp3) is 0.0909. The number of nitrogens with two attached hydrogens (primary N) is 1. The lowest BCUT2D eigenvalue weighted by Gasteiger charge is -2.24. The van der Waals surface area contributed by atoms with Gasteiger partial charge in [-0.2, -0.15) is 0 Å². The van der Waals surface area contributed by atoms with Crippen molar-refractivity contribution in [3.05, 3.63) is 95.6 Å². The van der Waals surface area contributed by atoms with Crippen molar-refractivity contribution in [1.29, 1.82) is 0 Å². The zero-order valence-corrected chi connectivity index (χ0v) is 17.1. The highest BCUT2D eigenvalue weighted by molar-refractivity contribution is 7.92. The van der Waals surface area contributed by atoms with E-state index in [0.29, 0.717) is 5.69 Å². The van der Waals surface area contributed by atoms with Crippen molar-refractivity contribution in [3.63, 3.8) is 0 Å². The van der Waals surface area contributed by atoms with Gasteiger partial charge in [0.05, 0.1) is 24.1 Å². The summed E-state index contributed by atoms with van der Waals surface area (Å²) in [4.78, 5) is 24.3. The van der Waals surface area contributed by atoms with E-state index in [4.69, 9.17) is 5.73 Å². The van der Waals surface area contributed by atoms with Crippen molar-refractivity contribution in [2.24, 2.45) is 5.73 Å². The Kier molecular flexibility index (Phi) is 6.17. The Morgan fingerprint density at radius 2 is 1.60 bits per heavy atom. The fourth-order valence-electron chi connectivity index (χ4n) is 2.96. The number of nitrogens with zero attached hydrogens (tertiary/aromatic N) is 1. The summed E-state index contributed by atoms with van der Waals surface area (Å²) in [5.41, 5.74) is 7.14. The molecule has 0 aliphatic carbocycles. The van der Waals surface area contributed by atoms with Gasteiger partial charge >= 0.3 is 0 Å². The molecule has 0 saturated carbocycles. The van der Waals surface area contributed by atoms with E-state index < -0.39 is 21.8 Å². The van der Waals surface area contributed by atoms with Gasteiger partial charge in [0, 0.05) is 11.3 Å². The molecule has 0 spiro atoms. The van der Waals surface area contributed by atoms with Gasteiger partial charge in [0.2, 0.25) is 15.9 Å². The van der Waals surface area contributed by atoms with Crippen molar-refractivity contribution in [2.45, 2.75) is 6.54 Å². The minimum atomic E-state index is -3.67. The van der Waals surface area contributed by atoms with E-state index in [2.05, 4.69) is 5.32 Å². The largest absolute Gasteiger partial charge is 0.366 e. The Morgan fingerprint density at radius 3 is 2.27 bits per heavy atom. The lowest BCUT2D eigenvalue weighted by molar-refractivity contribution is 0.0996. The first-order valence-electron chi connectivity index (χ1n) is 9.07. The number of para-hydroxylation sites is 1. The van der Waals surface area contributed by atoms with Gasteiger partial charge < -0.3 is 11.1 Å². The maximum atomic E-state index is 13.0. The van der Waals surface area contributed by atoms with E-state index in [-0.39, 0.29) is 23.4 Å².